The highest BCUT2D eigenvalue weighted by Gasteiger charge is 2.10. The highest BCUT2D eigenvalue weighted by molar-refractivity contribution is 7.99. The number of nitrogens with one attached hydrogen (secondary N) is 1. The van der Waals surface area contributed by atoms with Crippen molar-refractivity contribution in [2.75, 3.05) is 7.05 Å². The van der Waals surface area contributed by atoms with E-state index in [1.165, 1.54) is 0 Å². The topological polar surface area (TPSA) is 42.7 Å². The van der Waals surface area contributed by atoms with Crippen LogP contribution in [0.3, 0.4) is 0 Å². The van der Waals surface area contributed by atoms with E-state index in [1.807, 2.05) is 43.8 Å². The molecule has 2 rings (SSSR count). The van der Waals surface area contributed by atoms with Crippen LogP contribution in [0.25, 0.3) is 0 Å². The molecule has 1 aromatic heterocycles. The van der Waals surface area contributed by atoms with Gasteiger partial charge < -0.3 is 9.88 Å². The molecule has 0 unspecified atom stereocenters. The van der Waals surface area contributed by atoms with Gasteiger partial charge in [0.25, 0.3) is 0 Å². The lowest BCUT2D eigenvalue weighted by atomic mass is 10.2. The fourth-order valence-corrected chi connectivity index (χ4v) is 2.69. The van der Waals surface area contributed by atoms with Crippen molar-refractivity contribution in [2.45, 2.75) is 23.5 Å². The predicted octanol–water partition coefficient (Wildman–Crippen LogP) is 2.65. The number of hydrogen-bond acceptors (Lipinski definition) is 4. The first-order valence-electron chi connectivity index (χ1n) is 5.58. The lowest BCUT2D eigenvalue weighted by Crippen LogP contribution is -2.06. The highest BCUT2D eigenvalue weighted by atomic mass is 35.5. The van der Waals surface area contributed by atoms with Crippen LogP contribution in [0.2, 0.25) is 5.02 Å². The van der Waals surface area contributed by atoms with E-state index in [0.29, 0.717) is 0 Å². The van der Waals surface area contributed by atoms with Gasteiger partial charge in [0, 0.05) is 23.5 Å². The first-order valence-corrected chi connectivity index (χ1v) is 6.78. The Kier molecular flexibility index (Phi) is 4.27. The first-order chi connectivity index (χ1) is 8.61. The molecular weight excluding hydrogens is 268 g/mol. The molecule has 0 bridgehead atoms. The number of nitrogens with zero attached hydrogens (tertiary/aromatic N) is 3. The smallest absolute Gasteiger partial charge is 0.195 e. The second-order valence-corrected chi connectivity index (χ2v) is 5.42. The fourth-order valence-electron chi connectivity index (χ4n) is 1.55. The largest absolute Gasteiger partial charge is 0.316 e. The zero-order valence-corrected chi connectivity index (χ0v) is 12.1. The van der Waals surface area contributed by atoms with E-state index in [4.69, 9.17) is 11.6 Å². The summed E-state index contributed by atoms with van der Waals surface area (Å²) < 4.78 is 1.97. The number of rotatable bonds is 4. The molecule has 0 saturated heterocycles. The van der Waals surface area contributed by atoms with Crippen LogP contribution in [0.5, 0.6) is 0 Å². The second kappa shape index (κ2) is 5.73. The Bertz CT molecular complexity index is 553. The van der Waals surface area contributed by atoms with Crippen molar-refractivity contribution < 1.29 is 0 Å². The molecule has 96 valence electrons. The molecule has 0 atom stereocenters. The summed E-state index contributed by atoms with van der Waals surface area (Å²) in [6, 6.07) is 5.89. The lowest BCUT2D eigenvalue weighted by molar-refractivity contribution is 0.763. The molecule has 6 heteroatoms. The summed E-state index contributed by atoms with van der Waals surface area (Å²) >= 11 is 7.62. The van der Waals surface area contributed by atoms with Crippen LogP contribution in [0, 0.1) is 6.92 Å². The Hall–Kier alpha value is -1.04. The van der Waals surface area contributed by atoms with Crippen molar-refractivity contribution in [1.29, 1.82) is 0 Å². The maximum absolute atomic E-state index is 6.02. The Morgan fingerprint density at radius 3 is 2.78 bits per heavy atom. The molecule has 0 amide bonds. The third-order valence-electron chi connectivity index (χ3n) is 2.64. The molecule has 18 heavy (non-hydrogen) atoms. The number of hydrogen-bond donors (Lipinski definition) is 1. The van der Waals surface area contributed by atoms with Gasteiger partial charge >= 0.3 is 0 Å². The van der Waals surface area contributed by atoms with Crippen molar-refractivity contribution in [2.24, 2.45) is 7.05 Å². The van der Waals surface area contributed by atoms with E-state index < -0.39 is 0 Å². The maximum Gasteiger partial charge on any atom is 0.195 e. The molecule has 1 aromatic carbocycles. The van der Waals surface area contributed by atoms with Crippen molar-refractivity contribution in [3.63, 3.8) is 0 Å². The third-order valence-corrected chi connectivity index (χ3v) is 4.03. The van der Waals surface area contributed by atoms with Crippen LogP contribution in [0.1, 0.15) is 11.4 Å². The molecule has 0 aliphatic carbocycles. The SMILES string of the molecule is CNCc1cc(Cl)ccc1Sc1nnc(C)n1C. The second-order valence-electron chi connectivity index (χ2n) is 3.97. The normalized spacial score (nSPS) is 10.9. The van der Waals surface area contributed by atoms with Crippen LogP contribution in [0.15, 0.2) is 28.3 Å². The van der Waals surface area contributed by atoms with Gasteiger partial charge in [0.15, 0.2) is 5.16 Å². The van der Waals surface area contributed by atoms with Crippen LogP contribution < -0.4 is 5.32 Å². The average Bonchev–Trinajstić information content (AvgIpc) is 2.65. The Morgan fingerprint density at radius 2 is 2.17 bits per heavy atom. The number of benzene rings is 1. The Morgan fingerprint density at radius 1 is 1.39 bits per heavy atom. The van der Waals surface area contributed by atoms with Gasteiger partial charge in [-0.15, -0.1) is 10.2 Å². The minimum absolute atomic E-state index is 0.749. The monoisotopic (exact) mass is 282 g/mol. The van der Waals surface area contributed by atoms with Crippen molar-refractivity contribution in [3.8, 4) is 0 Å². The summed E-state index contributed by atoms with van der Waals surface area (Å²) in [5.41, 5.74) is 1.16. The third kappa shape index (κ3) is 2.85. The number of aryl methyl sites for hydroxylation is 1. The summed E-state index contributed by atoms with van der Waals surface area (Å²) in [5.74, 6) is 0.904. The minimum atomic E-state index is 0.749. The zero-order valence-electron chi connectivity index (χ0n) is 10.6. The molecule has 0 aliphatic rings. The van der Waals surface area contributed by atoms with Crippen molar-refractivity contribution >= 4 is 23.4 Å². The van der Waals surface area contributed by atoms with E-state index >= 15 is 0 Å². The first kappa shape index (κ1) is 13.4. The standard InChI is InChI=1S/C12H15ClN4S/c1-8-15-16-12(17(8)3)18-11-5-4-10(13)6-9(11)7-14-2/h4-6,14H,7H2,1-3H3. The summed E-state index contributed by atoms with van der Waals surface area (Å²) in [5, 5.41) is 13.0. The molecular formula is C12H15ClN4S. The highest BCUT2D eigenvalue weighted by Crippen LogP contribution is 2.30. The van der Waals surface area contributed by atoms with E-state index in [1.54, 1.807) is 11.8 Å². The molecule has 0 aliphatic heterocycles. The van der Waals surface area contributed by atoms with E-state index in [0.717, 1.165) is 33.0 Å². The Labute approximate surface area is 116 Å². The summed E-state index contributed by atoms with van der Waals surface area (Å²) in [4.78, 5) is 1.14. The van der Waals surface area contributed by atoms with Crippen LogP contribution in [-0.4, -0.2) is 21.8 Å². The number of halogens is 1. The Balaban J connectivity index is 2.31. The molecule has 0 radical (unpaired) electrons. The summed E-state index contributed by atoms with van der Waals surface area (Å²) in [7, 11) is 3.88. The summed E-state index contributed by atoms with van der Waals surface area (Å²) in [6.45, 7) is 2.72. The van der Waals surface area contributed by atoms with Crippen LogP contribution >= 0.6 is 23.4 Å². The van der Waals surface area contributed by atoms with Gasteiger partial charge in [-0.1, -0.05) is 11.6 Å². The molecule has 1 heterocycles. The molecule has 1 N–H and O–H groups in total. The molecule has 0 fully saturated rings. The van der Waals surface area contributed by atoms with E-state index in [-0.39, 0.29) is 0 Å². The van der Waals surface area contributed by atoms with Crippen LogP contribution in [0.4, 0.5) is 0 Å². The summed E-state index contributed by atoms with van der Waals surface area (Å²) in [6.07, 6.45) is 0. The zero-order chi connectivity index (χ0) is 13.1. The van der Waals surface area contributed by atoms with Crippen LogP contribution in [-0.2, 0) is 13.6 Å². The minimum Gasteiger partial charge on any atom is -0.316 e. The van der Waals surface area contributed by atoms with Crippen molar-refractivity contribution in [3.05, 3.63) is 34.6 Å². The van der Waals surface area contributed by atoms with Gasteiger partial charge in [0.05, 0.1) is 0 Å². The van der Waals surface area contributed by atoms with E-state index in [9.17, 15) is 0 Å². The lowest BCUT2D eigenvalue weighted by Gasteiger charge is -2.09. The van der Waals surface area contributed by atoms with Gasteiger partial charge in [0.2, 0.25) is 0 Å². The quantitative estimate of drug-likeness (QED) is 0.936. The average molecular weight is 283 g/mol. The molecule has 2 aromatic rings. The van der Waals surface area contributed by atoms with E-state index in [2.05, 4.69) is 15.5 Å². The molecule has 0 saturated carbocycles. The molecule has 0 spiro atoms. The number of aromatic nitrogens is 3. The van der Waals surface area contributed by atoms with Gasteiger partial charge in [-0.25, -0.2) is 0 Å². The van der Waals surface area contributed by atoms with Gasteiger partial charge in [-0.05, 0) is 49.5 Å². The fraction of sp³-hybridized carbons (Fsp3) is 0.333. The maximum atomic E-state index is 6.02. The van der Waals surface area contributed by atoms with Gasteiger partial charge in [0.1, 0.15) is 5.82 Å². The molecule has 4 nitrogen and oxygen atoms in total. The van der Waals surface area contributed by atoms with Crippen molar-refractivity contribution in [1.82, 2.24) is 20.1 Å². The van der Waals surface area contributed by atoms with Gasteiger partial charge in [-0.2, -0.15) is 0 Å². The van der Waals surface area contributed by atoms with Gasteiger partial charge in [-0.3, -0.25) is 0 Å². The predicted molar refractivity (Wildman–Crippen MR) is 74.1 cm³/mol.